The van der Waals surface area contributed by atoms with Crippen molar-refractivity contribution >= 4 is 27.5 Å². The maximum Gasteiger partial charge on any atom is 0.0807 e. The molecule has 1 heterocycles. The van der Waals surface area contributed by atoms with Gasteiger partial charge in [-0.3, -0.25) is 5.10 Å². The zero-order valence-electron chi connectivity index (χ0n) is 7.51. The smallest absolute Gasteiger partial charge is 0.0807 e. The molecule has 0 aliphatic carbocycles. The summed E-state index contributed by atoms with van der Waals surface area (Å²) in [6, 6.07) is 5.94. The normalized spacial score (nSPS) is 10.5. The predicted molar refractivity (Wildman–Crippen MR) is 61.5 cm³/mol. The van der Waals surface area contributed by atoms with E-state index < -0.39 is 0 Å². The summed E-state index contributed by atoms with van der Waals surface area (Å²) in [7, 11) is 0. The molecule has 4 heteroatoms. The molecule has 1 N–H and O–H groups in total. The first-order valence-corrected chi connectivity index (χ1v) is 5.31. The van der Waals surface area contributed by atoms with Crippen LogP contribution < -0.4 is 0 Å². The van der Waals surface area contributed by atoms with E-state index in [4.69, 9.17) is 11.6 Å². The molecule has 0 aliphatic rings. The van der Waals surface area contributed by atoms with Crippen LogP contribution in [0, 0.1) is 6.92 Å². The first-order chi connectivity index (χ1) is 6.68. The molecule has 72 valence electrons. The van der Waals surface area contributed by atoms with E-state index in [1.807, 2.05) is 25.1 Å². The van der Waals surface area contributed by atoms with Crippen molar-refractivity contribution in [3.63, 3.8) is 0 Å². The molecule has 1 aromatic heterocycles. The highest BCUT2D eigenvalue weighted by atomic mass is 79.9. The lowest BCUT2D eigenvalue weighted by Gasteiger charge is -2.03. The van der Waals surface area contributed by atoms with Crippen LogP contribution in [-0.4, -0.2) is 10.2 Å². The van der Waals surface area contributed by atoms with Gasteiger partial charge in [0.15, 0.2) is 0 Å². The summed E-state index contributed by atoms with van der Waals surface area (Å²) < 4.78 is 0.920. The lowest BCUT2D eigenvalue weighted by atomic mass is 10.1. The van der Waals surface area contributed by atoms with Crippen molar-refractivity contribution in [3.8, 4) is 11.3 Å². The van der Waals surface area contributed by atoms with Crippen LogP contribution in [0.3, 0.4) is 0 Å². The van der Waals surface area contributed by atoms with E-state index in [2.05, 4.69) is 26.1 Å². The number of halogens is 2. The third kappa shape index (κ3) is 1.70. The molecule has 0 fully saturated rings. The lowest BCUT2D eigenvalue weighted by Crippen LogP contribution is -1.82. The van der Waals surface area contributed by atoms with E-state index in [0.29, 0.717) is 0 Å². The minimum Gasteiger partial charge on any atom is -0.277 e. The Kier molecular flexibility index (Phi) is 2.61. The third-order valence-electron chi connectivity index (χ3n) is 1.99. The first kappa shape index (κ1) is 9.74. The van der Waals surface area contributed by atoms with Crippen LogP contribution in [0.5, 0.6) is 0 Å². The molecule has 0 radical (unpaired) electrons. The maximum atomic E-state index is 6.12. The number of aromatic amines is 1. The fraction of sp³-hybridized carbons (Fsp3) is 0.100. The molecule has 14 heavy (non-hydrogen) atoms. The summed E-state index contributed by atoms with van der Waals surface area (Å²) in [5.41, 5.74) is 3.02. The van der Waals surface area contributed by atoms with Gasteiger partial charge in [-0.2, -0.15) is 5.10 Å². The van der Waals surface area contributed by atoms with Gasteiger partial charge in [0, 0.05) is 5.56 Å². The molecule has 2 aromatic rings. The van der Waals surface area contributed by atoms with Crippen LogP contribution >= 0.6 is 27.5 Å². The number of H-pyrrole nitrogens is 1. The molecule has 0 spiro atoms. The average molecular weight is 272 g/mol. The minimum absolute atomic E-state index is 0.731. The summed E-state index contributed by atoms with van der Waals surface area (Å²) in [6.45, 7) is 2.01. The Bertz CT molecular complexity index is 465. The molecule has 0 saturated carbocycles. The van der Waals surface area contributed by atoms with Crippen LogP contribution in [0.15, 0.2) is 28.9 Å². The number of aromatic nitrogens is 2. The fourth-order valence-electron chi connectivity index (χ4n) is 1.28. The van der Waals surface area contributed by atoms with Gasteiger partial charge in [0.2, 0.25) is 0 Å². The summed E-state index contributed by atoms with van der Waals surface area (Å²) in [5, 5.41) is 7.56. The Morgan fingerprint density at radius 2 is 2.21 bits per heavy atom. The Morgan fingerprint density at radius 1 is 1.43 bits per heavy atom. The second-order valence-electron chi connectivity index (χ2n) is 3.08. The highest BCUT2D eigenvalue weighted by Gasteiger charge is 2.08. The number of hydrogen-bond donors (Lipinski definition) is 1. The number of nitrogens with one attached hydrogen (secondary N) is 1. The molecule has 0 saturated heterocycles. The van der Waals surface area contributed by atoms with Crippen LogP contribution in [0.25, 0.3) is 11.3 Å². The van der Waals surface area contributed by atoms with Gasteiger partial charge >= 0.3 is 0 Å². The van der Waals surface area contributed by atoms with Crippen molar-refractivity contribution < 1.29 is 0 Å². The van der Waals surface area contributed by atoms with Crippen LogP contribution in [0.4, 0.5) is 0 Å². The average Bonchev–Trinajstić information content (AvgIpc) is 2.52. The largest absolute Gasteiger partial charge is 0.277 e. The highest BCUT2D eigenvalue weighted by molar-refractivity contribution is 9.10. The van der Waals surface area contributed by atoms with E-state index >= 15 is 0 Å². The lowest BCUT2D eigenvalue weighted by molar-refractivity contribution is 1.09. The second kappa shape index (κ2) is 3.75. The Hall–Kier alpha value is -0.800. The van der Waals surface area contributed by atoms with Crippen molar-refractivity contribution in [1.82, 2.24) is 10.2 Å². The van der Waals surface area contributed by atoms with Crippen molar-refractivity contribution in [3.05, 3.63) is 39.5 Å². The van der Waals surface area contributed by atoms with Gasteiger partial charge in [0.05, 0.1) is 21.4 Å². The monoisotopic (exact) mass is 270 g/mol. The van der Waals surface area contributed by atoms with E-state index in [0.717, 1.165) is 26.3 Å². The Labute approximate surface area is 95.4 Å². The van der Waals surface area contributed by atoms with E-state index in [1.54, 1.807) is 6.20 Å². The quantitative estimate of drug-likeness (QED) is 0.839. The summed E-state index contributed by atoms with van der Waals surface area (Å²) in [6.07, 6.45) is 1.71. The van der Waals surface area contributed by atoms with Crippen molar-refractivity contribution in [1.29, 1.82) is 0 Å². The zero-order valence-corrected chi connectivity index (χ0v) is 9.85. The van der Waals surface area contributed by atoms with Gasteiger partial charge in [-0.1, -0.05) is 23.7 Å². The molecule has 1 aromatic carbocycles. The maximum absolute atomic E-state index is 6.12. The number of nitrogens with zero attached hydrogens (tertiary/aromatic N) is 1. The zero-order chi connectivity index (χ0) is 10.1. The van der Waals surface area contributed by atoms with Crippen molar-refractivity contribution in [2.24, 2.45) is 0 Å². The topological polar surface area (TPSA) is 28.7 Å². The van der Waals surface area contributed by atoms with E-state index in [-0.39, 0.29) is 0 Å². The molecule has 2 nitrogen and oxygen atoms in total. The summed E-state index contributed by atoms with van der Waals surface area (Å²) in [4.78, 5) is 0. The van der Waals surface area contributed by atoms with Gasteiger partial charge in [-0.15, -0.1) is 0 Å². The molecule has 0 amide bonds. The van der Waals surface area contributed by atoms with Crippen LogP contribution in [0.2, 0.25) is 5.02 Å². The molecular formula is C10H8BrClN2. The highest BCUT2D eigenvalue weighted by Crippen LogP contribution is 2.31. The van der Waals surface area contributed by atoms with E-state index in [9.17, 15) is 0 Å². The number of hydrogen-bond acceptors (Lipinski definition) is 1. The van der Waals surface area contributed by atoms with Gasteiger partial charge in [0.25, 0.3) is 0 Å². The molecule has 0 unspecified atom stereocenters. The fourth-order valence-corrected chi connectivity index (χ4v) is 2.02. The SMILES string of the molecule is Cc1ccc(-c2[nH]ncc2Br)c(Cl)c1. The van der Waals surface area contributed by atoms with Crippen LogP contribution in [-0.2, 0) is 0 Å². The van der Waals surface area contributed by atoms with Crippen LogP contribution in [0.1, 0.15) is 5.56 Å². The summed E-state index contributed by atoms with van der Waals surface area (Å²) >= 11 is 9.53. The predicted octanol–water partition coefficient (Wildman–Crippen LogP) is 3.80. The van der Waals surface area contributed by atoms with Gasteiger partial charge in [-0.05, 0) is 34.5 Å². The van der Waals surface area contributed by atoms with Gasteiger partial charge in [-0.25, -0.2) is 0 Å². The standard InChI is InChI=1S/C10H8BrClN2/c1-6-2-3-7(9(12)4-6)10-8(11)5-13-14-10/h2-5H,1H3,(H,13,14). The number of rotatable bonds is 1. The first-order valence-electron chi connectivity index (χ1n) is 4.14. The Balaban J connectivity index is 2.58. The van der Waals surface area contributed by atoms with Crippen molar-refractivity contribution in [2.45, 2.75) is 6.92 Å². The number of benzene rings is 1. The Morgan fingerprint density at radius 3 is 2.79 bits per heavy atom. The van der Waals surface area contributed by atoms with Gasteiger partial charge in [0.1, 0.15) is 0 Å². The van der Waals surface area contributed by atoms with Gasteiger partial charge < -0.3 is 0 Å². The summed E-state index contributed by atoms with van der Waals surface area (Å²) in [5.74, 6) is 0. The molecule has 2 rings (SSSR count). The molecule has 0 atom stereocenters. The molecule has 0 aliphatic heterocycles. The molecule has 0 bridgehead atoms. The van der Waals surface area contributed by atoms with E-state index in [1.165, 1.54) is 0 Å². The van der Waals surface area contributed by atoms with Crippen molar-refractivity contribution in [2.75, 3.05) is 0 Å². The third-order valence-corrected chi connectivity index (χ3v) is 2.90. The molecular weight excluding hydrogens is 263 g/mol. The number of aryl methyl sites for hydroxylation is 1. The second-order valence-corrected chi connectivity index (χ2v) is 4.34. The minimum atomic E-state index is 0.731.